The fourth-order valence-corrected chi connectivity index (χ4v) is 3.12. The number of aromatic nitrogens is 1. The molecule has 1 saturated heterocycles. The third-order valence-corrected chi connectivity index (χ3v) is 4.45. The molecule has 0 aromatic carbocycles. The summed E-state index contributed by atoms with van der Waals surface area (Å²) in [7, 11) is 1.95. The molecule has 0 spiro atoms. The number of likely N-dealkylation sites (N-methyl/N-ethyl adjacent to an activating group) is 1. The number of pyridine rings is 1. The number of halogens is 1. The first-order valence-corrected chi connectivity index (χ1v) is 8.41. The van der Waals surface area contributed by atoms with Gasteiger partial charge in [-0.05, 0) is 58.2 Å². The lowest BCUT2D eigenvalue weighted by Crippen LogP contribution is -2.39. The highest BCUT2D eigenvalue weighted by atomic mass is 35.5. The standard InChI is InChI=1S/C17H26ClN3O2/c1-17(2,3)23-16(22)21-8-6-13(11-21)15(19-4)9-12-5-7-20-10-14(12)18/h5,7,10,13,15,19H,6,8-9,11H2,1-4H3. The highest BCUT2D eigenvalue weighted by Gasteiger charge is 2.33. The van der Waals surface area contributed by atoms with Crippen molar-refractivity contribution in [3.63, 3.8) is 0 Å². The predicted molar refractivity (Wildman–Crippen MR) is 91.7 cm³/mol. The summed E-state index contributed by atoms with van der Waals surface area (Å²) in [4.78, 5) is 18.0. The summed E-state index contributed by atoms with van der Waals surface area (Å²) in [6.07, 6.45) is 5.00. The Morgan fingerprint density at radius 3 is 2.91 bits per heavy atom. The maximum Gasteiger partial charge on any atom is 0.410 e. The van der Waals surface area contributed by atoms with Crippen molar-refractivity contribution in [3.8, 4) is 0 Å². The number of nitrogens with one attached hydrogen (secondary N) is 1. The molecule has 1 aliphatic rings. The third-order valence-electron chi connectivity index (χ3n) is 4.11. The minimum atomic E-state index is -0.456. The van der Waals surface area contributed by atoms with Gasteiger partial charge in [-0.15, -0.1) is 0 Å². The van der Waals surface area contributed by atoms with Gasteiger partial charge in [-0.25, -0.2) is 4.79 Å². The van der Waals surface area contributed by atoms with Crippen LogP contribution >= 0.6 is 11.6 Å². The maximum atomic E-state index is 12.2. The molecule has 1 amide bonds. The molecular formula is C17H26ClN3O2. The first-order valence-electron chi connectivity index (χ1n) is 8.03. The van der Waals surface area contributed by atoms with Crippen molar-refractivity contribution in [2.24, 2.45) is 5.92 Å². The molecule has 1 N–H and O–H groups in total. The summed E-state index contributed by atoms with van der Waals surface area (Å²) in [5, 5.41) is 4.06. The number of carbonyl (C=O) groups excluding carboxylic acids is 1. The van der Waals surface area contributed by atoms with E-state index in [9.17, 15) is 4.79 Å². The van der Waals surface area contributed by atoms with E-state index in [-0.39, 0.29) is 12.1 Å². The SMILES string of the molecule is CNC(Cc1ccncc1Cl)C1CCN(C(=O)OC(C)(C)C)C1. The number of carbonyl (C=O) groups is 1. The number of hydrogen-bond donors (Lipinski definition) is 1. The van der Waals surface area contributed by atoms with Gasteiger partial charge in [0.1, 0.15) is 5.60 Å². The van der Waals surface area contributed by atoms with Crippen molar-refractivity contribution in [1.29, 1.82) is 0 Å². The zero-order valence-corrected chi connectivity index (χ0v) is 15.1. The summed E-state index contributed by atoms with van der Waals surface area (Å²) < 4.78 is 5.46. The van der Waals surface area contributed by atoms with Crippen LogP contribution in [0.2, 0.25) is 5.02 Å². The molecule has 6 heteroatoms. The van der Waals surface area contributed by atoms with Crippen LogP contribution in [0.3, 0.4) is 0 Å². The first kappa shape index (κ1) is 18.0. The zero-order valence-electron chi connectivity index (χ0n) is 14.3. The number of amides is 1. The van der Waals surface area contributed by atoms with E-state index < -0.39 is 5.60 Å². The van der Waals surface area contributed by atoms with Crippen LogP contribution in [0.15, 0.2) is 18.5 Å². The molecule has 1 aromatic rings. The van der Waals surface area contributed by atoms with Gasteiger partial charge in [-0.1, -0.05) is 11.6 Å². The van der Waals surface area contributed by atoms with Crippen molar-refractivity contribution in [2.45, 2.75) is 45.3 Å². The van der Waals surface area contributed by atoms with E-state index in [4.69, 9.17) is 16.3 Å². The summed E-state index contributed by atoms with van der Waals surface area (Å²) in [5.41, 5.74) is 0.624. The van der Waals surface area contributed by atoms with E-state index in [0.717, 1.165) is 24.9 Å². The highest BCUT2D eigenvalue weighted by Crippen LogP contribution is 2.25. The van der Waals surface area contributed by atoms with Gasteiger partial charge in [-0.3, -0.25) is 4.98 Å². The monoisotopic (exact) mass is 339 g/mol. The van der Waals surface area contributed by atoms with E-state index in [0.29, 0.717) is 17.5 Å². The van der Waals surface area contributed by atoms with Crippen molar-refractivity contribution >= 4 is 17.7 Å². The van der Waals surface area contributed by atoms with Gasteiger partial charge in [0.25, 0.3) is 0 Å². The second kappa shape index (κ2) is 7.49. The van der Waals surface area contributed by atoms with Gasteiger partial charge >= 0.3 is 6.09 Å². The first-order chi connectivity index (χ1) is 10.8. The highest BCUT2D eigenvalue weighted by molar-refractivity contribution is 6.31. The normalized spacial score (nSPS) is 19.7. The Kier molecular flexibility index (Phi) is 5.87. The molecule has 2 heterocycles. The smallest absolute Gasteiger partial charge is 0.410 e. The lowest BCUT2D eigenvalue weighted by Gasteiger charge is -2.26. The Morgan fingerprint density at radius 1 is 1.57 bits per heavy atom. The molecule has 0 aliphatic carbocycles. The molecule has 1 aromatic heterocycles. The van der Waals surface area contributed by atoms with Crippen LogP contribution in [0.25, 0.3) is 0 Å². The summed E-state index contributed by atoms with van der Waals surface area (Å²) in [5.74, 6) is 0.386. The van der Waals surface area contributed by atoms with Crippen molar-refractivity contribution in [3.05, 3.63) is 29.0 Å². The number of ether oxygens (including phenoxy) is 1. The number of hydrogen-bond acceptors (Lipinski definition) is 4. The predicted octanol–water partition coefficient (Wildman–Crippen LogP) is 3.12. The summed E-state index contributed by atoms with van der Waals surface area (Å²) >= 11 is 6.21. The quantitative estimate of drug-likeness (QED) is 0.915. The average molecular weight is 340 g/mol. The number of likely N-dealkylation sites (tertiary alicyclic amines) is 1. The Morgan fingerprint density at radius 2 is 2.30 bits per heavy atom. The number of rotatable bonds is 4. The molecule has 2 unspecified atom stereocenters. The summed E-state index contributed by atoms with van der Waals surface area (Å²) in [6, 6.07) is 2.22. The maximum absolute atomic E-state index is 12.2. The van der Waals surface area contributed by atoms with Crippen molar-refractivity contribution in [1.82, 2.24) is 15.2 Å². The van der Waals surface area contributed by atoms with E-state index >= 15 is 0 Å². The molecule has 2 rings (SSSR count). The molecule has 128 valence electrons. The van der Waals surface area contributed by atoms with Gasteiger partial charge in [0.05, 0.1) is 5.02 Å². The van der Waals surface area contributed by atoms with Crippen molar-refractivity contribution in [2.75, 3.05) is 20.1 Å². The van der Waals surface area contributed by atoms with Gasteiger partial charge in [0.15, 0.2) is 0 Å². The van der Waals surface area contributed by atoms with Crippen LogP contribution < -0.4 is 5.32 Å². The van der Waals surface area contributed by atoms with Crippen molar-refractivity contribution < 1.29 is 9.53 Å². The van der Waals surface area contributed by atoms with Gasteiger partial charge < -0.3 is 15.0 Å². The lowest BCUT2D eigenvalue weighted by atomic mass is 9.93. The van der Waals surface area contributed by atoms with E-state index in [1.54, 1.807) is 17.3 Å². The van der Waals surface area contributed by atoms with E-state index in [2.05, 4.69) is 10.3 Å². The molecule has 1 aliphatic heterocycles. The number of nitrogens with zero attached hydrogens (tertiary/aromatic N) is 2. The van der Waals surface area contributed by atoms with E-state index in [1.807, 2.05) is 33.9 Å². The lowest BCUT2D eigenvalue weighted by molar-refractivity contribution is 0.0285. The third kappa shape index (κ3) is 5.08. The largest absolute Gasteiger partial charge is 0.444 e. The van der Waals surface area contributed by atoms with Crippen LogP contribution in [0.4, 0.5) is 4.79 Å². The molecule has 0 bridgehead atoms. The van der Waals surface area contributed by atoms with Crippen LogP contribution in [-0.4, -0.2) is 47.8 Å². The Hall–Kier alpha value is -1.33. The Labute approximate surface area is 143 Å². The topological polar surface area (TPSA) is 54.5 Å². The minimum absolute atomic E-state index is 0.225. The van der Waals surface area contributed by atoms with Crippen LogP contribution in [0.1, 0.15) is 32.8 Å². The molecule has 5 nitrogen and oxygen atoms in total. The fraction of sp³-hybridized carbons (Fsp3) is 0.647. The zero-order chi connectivity index (χ0) is 17.0. The molecule has 2 atom stereocenters. The second-order valence-electron chi connectivity index (χ2n) is 7.04. The van der Waals surface area contributed by atoms with Gasteiger partial charge in [-0.2, -0.15) is 0 Å². The van der Waals surface area contributed by atoms with Crippen LogP contribution in [0, 0.1) is 5.92 Å². The molecule has 0 radical (unpaired) electrons. The molecule has 23 heavy (non-hydrogen) atoms. The molecular weight excluding hydrogens is 314 g/mol. The van der Waals surface area contributed by atoms with Gasteiger partial charge in [0, 0.05) is 31.5 Å². The van der Waals surface area contributed by atoms with Gasteiger partial charge in [0.2, 0.25) is 0 Å². The Bertz CT molecular complexity index is 545. The van der Waals surface area contributed by atoms with E-state index in [1.165, 1.54) is 0 Å². The second-order valence-corrected chi connectivity index (χ2v) is 7.45. The Balaban J connectivity index is 1.96. The minimum Gasteiger partial charge on any atom is -0.444 e. The van der Waals surface area contributed by atoms with Crippen LogP contribution in [-0.2, 0) is 11.2 Å². The fourth-order valence-electron chi connectivity index (χ4n) is 2.92. The molecule has 1 fully saturated rings. The van der Waals surface area contributed by atoms with Crippen LogP contribution in [0.5, 0.6) is 0 Å². The molecule has 0 saturated carbocycles. The summed E-state index contributed by atoms with van der Waals surface area (Å²) in [6.45, 7) is 7.12. The average Bonchev–Trinajstić information content (AvgIpc) is 2.94.